The van der Waals surface area contributed by atoms with E-state index in [1.54, 1.807) is 17.3 Å². The number of aliphatic imine (C=N–C) groups is 1. The van der Waals surface area contributed by atoms with E-state index in [4.69, 9.17) is 9.94 Å². The minimum atomic E-state index is -1.11. The normalized spacial score (nSPS) is 13.3. The third-order valence-corrected chi connectivity index (χ3v) is 5.69. The molecule has 0 unspecified atom stereocenters. The molecular weight excluding hydrogens is 496 g/mol. The number of carboxylic acids is 1. The lowest BCUT2D eigenvalue weighted by Crippen LogP contribution is -2.28. The van der Waals surface area contributed by atoms with Gasteiger partial charge in [-0.3, -0.25) is 14.4 Å². The van der Waals surface area contributed by atoms with Crippen LogP contribution in [0, 0.1) is 6.92 Å². The van der Waals surface area contributed by atoms with Crippen LogP contribution in [0.15, 0.2) is 75.7 Å². The third-order valence-electron chi connectivity index (χ3n) is 5.20. The molecule has 2 aliphatic rings. The molecule has 2 aliphatic heterocycles. The number of fused-ring (bicyclic) bond motifs is 1. The summed E-state index contributed by atoms with van der Waals surface area (Å²) in [5.41, 5.74) is 11.0. The number of amides is 1. The second-order valence-corrected chi connectivity index (χ2v) is 8.64. The molecule has 0 saturated heterocycles. The topological polar surface area (TPSA) is 150 Å². The van der Waals surface area contributed by atoms with Crippen molar-refractivity contribution in [3.8, 4) is 16.9 Å². The summed E-state index contributed by atoms with van der Waals surface area (Å²) in [6.45, 7) is 2.17. The Bertz CT molecular complexity index is 1460. The van der Waals surface area contributed by atoms with Crippen molar-refractivity contribution in [2.45, 2.75) is 20.0 Å². The minimum Gasteiger partial charge on any atom is -0.480 e. The highest BCUT2D eigenvalue weighted by Crippen LogP contribution is 2.24. The third kappa shape index (κ3) is 6.79. The average Bonchev–Trinajstić information content (AvgIpc) is 3.32. The zero-order valence-corrected chi connectivity index (χ0v) is 20.5. The fraction of sp³-hybridized carbons (Fsp3) is 0.160. The van der Waals surface area contributed by atoms with Crippen molar-refractivity contribution in [3.63, 3.8) is 0 Å². The molecule has 0 atom stereocenters. The lowest BCUT2D eigenvalue weighted by molar-refractivity contribution is -0.137. The van der Waals surface area contributed by atoms with E-state index in [1.165, 1.54) is 33.9 Å². The van der Waals surface area contributed by atoms with Crippen molar-refractivity contribution in [2.75, 3.05) is 6.54 Å². The number of nitrogens with zero attached hydrogens (tertiary/aromatic N) is 4. The fourth-order valence-corrected chi connectivity index (χ4v) is 3.91. The summed E-state index contributed by atoms with van der Waals surface area (Å²) in [7, 11) is 0. The summed E-state index contributed by atoms with van der Waals surface area (Å²) in [4.78, 5) is 55.8. The quantitative estimate of drug-likeness (QED) is 0.330. The highest BCUT2D eigenvalue weighted by Gasteiger charge is 2.27. The van der Waals surface area contributed by atoms with Gasteiger partial charge in [-0.05, 0) is 24.1 Å². The number of thioether (sulfide) groups is 1. The number of aromatic amines is 1. The molecule has 0 bridgehead atoms. The van der Waals surface area contributed by atoms with E-state index >= 15 is 0 Å². The van der Waals surface area contributed by atoms with Gasteiger partial charge in [0.25, 0.3) is 11.5 Å². The van der Waals surface area contributed by atoms with Gasteiger partial charge >= 0.3 is 5.97 Å². The van der Waals surface area contributed by atoms with Crippen molar-refractivity contribution in [1.29, 1.82) is 0 Å². The minimum absolute atomic E-state index is 0.0597. The summed E-state index contributed by atoms with van der Waals surface area (Å²) in [6.07, 6.45) is 5.18. The van der Waals surface area contributed by atoms with Gasteiger partial charge in [-0.2, -0.15) is 0 Å². The number of rotatable bonds is 6. The number of aromatic nitrogens is 3. The lowest BCUT2D eigenvalue weighted by Gasteiger charge is -2.14. The molecule has 0 aliphatic carbocycles. The largest absolute Gasteiger partial charge is 0.480 e. The molecule has 5 rings (SSSR count). The first kappa shape index (κ1) is 25.6. The molecule has 0 fully saturated rings. The van der Waals surface area contributed by atoms with Gasteiger partial charge in [-0.15, -0.1) is 5.48 Å². The number of hydrogen-bond acceptors (Lipinski definition) is 9. The van der Waals surface area contributed by atoms with E-state index in [1.807, 2.05) is 18.5 Å². The summed E-state index contributed by atoms with van der Waals surface area (Å²) in [5, 5.41) is 10.2. The summed E-state index contributed by atoms with van der Waals surface area (Å²) in [6, 6.07) is 9.79. The Hall–Kier alpha value is -4.51. The van der Waals surface area contributed by atoms with Gasteiger partial charge in [0.1, 0.15) is 12.9 Å². The summed E-state index contributed by atoms with van der Waals surface area (Å²) < 4.78 is 0. The first-order chi connectivity index (χ1) is 17.9. The van der Waals surface area contributed by atoms with E-state index in [9.17, 15) is 14.4 Å². The zero-order valence-electron chi connectivity index (χ0n) is 19.7. The molecule has 11 nitrogen and oxygen atoms in total. The van der Waals surface area contributed by atoms with Crippen LogP contribution in [-0.2, 0) is 22.7 Å². The van der Waals surface area contributed by atoms with E-state index in [0.29, 0.717) is 11.3 Å². The fourth-order valence-electron chi connectivity index (χ4n) is 3.50. The van der Waals surface area contributed by atoms with Gasteiger partial charge in [0.05, 0.1) is 12.1 Å². The first-order valence-electron chi connectivity index (χ1n) is 11.0. The Morgan fingerprint density at radius 2 is 2.03 bits per heavy atom. The molecule has 0 radical (unpaired) electrons. The van der Waals surface area contributed by atoms with E-state index in [0.717, 1.165) is 5.56 Å². The molecule has 12 heteroatoms. The highest BCUT2D eigenvalue weighted by atomic mass is 32.2. The molecule has 2 aromatic heterocycles. The van der Waals surface area contributed by atoms with Crippen LogP contribution in [-0.4, -0.2) is 48.9 Å². The molecule has 0 saturated carbocycles. The maximum absolute atomic E-state index is 12.4. The van der Waals surface area contributed by atoms with Crippen LogP contribution < -0.4 is 15.9 Å². The van der Waals surface area contributed by atoms with Gasteiger partial charge in [-0.1, -0.05) is 47.3 Å². The number of hydrogen-bond donors (Lipinski definition) is 3. The van der Waals surface area contributed by atoms with Crippen molar-refractivity contribution in [3.05, 3.63) is 93.1 Å². The molecule has 188 valence electrons. The Labute approximate surface area is 215 Å². The molecule has 3 N–H and O–H groups in total. The number of H-pyrrole nitrogens is 1. The van der Waals surface area contributed by atoms with Crippen LogP contribution in [0.5, 0.6) is 5.75 Å². The number of carbonyl (C=O) groups excluding carboxylic acids is 1. The maximum Gasteiger partial charge on any atom is 0.320 e. The Kier molecular flexibility index (Phi) is 8.26. The predicted octanol–water partition coefficient (Wildman–Crippen LogP) is 2.41. The molecule has 0 spiro atoms. The molecular formula is C25H22N6O5S. The SMILES string of the molecule is Cc1cccc(-c2cncnc2)c1.O=C(O)CNOc1cc2c([nH]c1=O)CN(C(=O)C1=C=CSC=N1)C2. The number of pyridine rings is 1. The van der Waals surface area contributed by atoms with E-state index < -0.39 is 18.1 Å². The van der Waals surface area contributed by atoms with Crippen LogP contribution in [0.25, 0.3) is 11.1 Å². The maximum atomic E-state index is 12.4. The van der Waals surface area contributed by atoms with E-state index in [2.05, 4.69) is 56.3 Å². The monoisotopic (exact) mass is 518 g/mol. The number of nitrogens with one attached hydrogen (secondary N) is 2. The van der Waals surface area contributed by atoms with Gasteiger partial charge in [0.15, 0.2) is 5.70 Å². The predicted molar refractivity (Wildman–Crippen MR) is 137 cm³/mol. The van der Waals surface area contributed by atoms with Crippen LogP contribution >= 0.6 is 11.8 Å². The Morgan fingerprint density at radius 1 is 1.22 bits per heavy atom. The van der Waals surface area contributed by atoms with Crippen LogP contribution in [0.1, 0.15) is 16.8 Å². The molecule has 1 amide bonds. The lowest BCUT2D eigenvalue weighted by atomic mass is 10.1. The zero-order chi connectivity index (χ0) is 26.2. The molecule has 37 heavy (non-hydrogen) atoms. The van der Waals surface area contributed by atoms with Crippen LogP contribution in [0.2, 0.25) is 0 Å². The van der Waals surface area contributed by atoms with Gasteiger partial charge < -0.3 is 19.8 Å². The molecule has 4 heterocycles. The number of benzene rings is 1. The van der Waals surface area contributed by atoms with Crippen molar-refractivity contribution in [1.82, 2.24) is 25.3 Å². The summed E-state index contributed by atoms with van der Waals surface area (Å²) >= 11 is 1.33. The summed E-state index contributed by atoms with van der Waals surface area (Å²) in [5.74, 6) is -1.46. The van der Waals surface area contributed by atoms with Crippen molar-refractivity contribution >= 4 is 29.2 Å². The number of carboxylic acid groups (broad SMARTS) is 1. The second-order valence-electron chi connectivity index (χ2n) is 7.92. The number of carbonyl (C=O) groups is 2. The smallest absolute Gasteiger partial charge is 0.320 e. The van der Waals surface area contributed by atoms with Gasteiger partial charge in [0.2, 0.25) is 5.75 Å². The van der Waals surface area contributed by atoms with Crippen molar-refractivity contribution < 1.29 is 19.5 Å². The molecule has 1 aromatic carbocycles. The Morgan fingerprint density at radius 3 is 2.73 bits per heavy atom. The number of aliphatic carboxylic acids is 1. The van der Waals surface area contributed by atoms with Gasteiger partial charge in [-0.25, -0.2) is 15.0 Å². The second kappa shape index (κ2) is 12.0. The first-order valence-corrected chi connectivity index (χ1v) is 12.0. The van der Waals surface area contributed by atoms with Gasteiger partial charge in [0, 0.05) is 35.6 Å². The van der Waals surface area contributed by atoms with Crippen LogP contribution in [0.3, 0.4) is 0 Å². The van der Waals surface area contributed by atoms with E-state index in [-0.39, 0.29) is 30.4 Å². The standard InChI is InChI=1S/C14H12N4O5S.C11H10N2/c19-12(20)4-16-23-11-3-8-5-18(6-10(8)17-13(11)21)14(22)9-1-2-24-7-15-9;1-9-3-2-4-10(5-9)11-6-12-8-13-7-11/h2-3,7,16H,4-6H2,(H,17,21)(H,19,20);2-8H,1H3. The Balaban J connectivity index is 0.000000207. The highest BCUT2D eigenvalue weighted by molar-refractivity contribution is 8.14. The molecule has 3 aromatic rings. The van der Waals surface area contributed by atoms with Crippen LogP contribution in [0.4, 0.5) is 0 Å². The number of hydroxylamine groups is 1. The number of aryl methyl sites for hydroxylation is 1. The average molecular weight is 519 g/mol. The van der Waals surface area contributed by atoms with Crippen molar-refractivity contribution in [2.24, 2.45) is 4.99 Å².